The van der Waals surface area contributed by atoms with Gasteiger partial charge in [-0.2, -0.15) is 0 Å². The predicted molar refractivity (Wildman–Crippen MR) is 149 cm³/mol. The lowest BCUT2D eigenvalue weighted by Crippen LogP contribution is -2.37. The average Bonchev–Trinajstić information content (AvgIpc) is 2.85. The van der Waals surface area contributed by atoms with E-state index in [-0.39, 0.29) is 16.9 Å². The maximum atomic E-state index is 13.9. The molecule has 0 radical (unpaired) electrons. The summed E-state index contributed by atoms with van der Waals surface area (Å²) in [4.78, 5) is 15.3. The molecule has 0 bridgehead atoms. The van der Waals surface area contributed by atoms with E-state index in [0.717, 1.165) is 26.7 Å². The smallest absolute Gasteiger partial charge is 0.267 e. The van der Waals surface area contributed by atoms with E-state index in [4.69, 9.17) is 0 Å². The van der Waals surface area contributed by atoms with Crippen molar-refractivity contribution in [1.82, 2.24) is 4.31 Å². The molecule has 3 aromatic rings. The van der Waals surface area contributed by atoms with E-state index in [1.807, 2.05) is 62.4 Å². The molecule has 0 aliphatic heterocycles. The van der Waals surface area contributed by atoms with Crippen LogP contribution in [0, 0.1) is 6.92 Å². The summed E-state index contributed by atoms with van der Waals surface area (Å²) in [5, 5.41) is 0. The summed E-state index contributed by atoms with van der Waals surface area (Å²) in [5.41, 5.74) is 2.92. The van der Waals surface area contributed by atoms with Crippen LogP contribution in [0.25, 0.3) is 0 Å². The molecule has 4 nitrogen and oxygen atoms in total. The normalized spacial score (nSPS) is 12.4. The van der Waals surface area contributed by atoms with Crippen molar-refractivity contribution in [3.05, 3.63) is 107 Å². The van der Waals surface area contributed by atoms with Crippen molar-refractivity contribution >= 4 is 27.7 Å². The Balaban J connectivity index is 2.01. The number of sulfonamides is 1. The second kappa shape index (κ2) is 11.9. The van der Waals surface area contributed by atoms with Gasteiger partial charge in [0.05, 0.1) is 16.3 Å². The van der Waals surface area contributed by atoms with Gasteiger partial charge in [0, 0.05) is 4.90 Å². The molecule has 3 aromatic carbocycles. The summed E-state index contributed by atoms with van der Waals surface area (Å²) >= 11 is 1.31. The lowest BCUT2D eigenvalue weighted by Gasteiger charge is -2.24. The van der Waals surface area contributed by atoms with E-state index in [1.165, 1.54) is 17.3 Å². The van der Waals surface area contributed by atoms with Gasteiger partial charge < -0.3 is 0 Å². The monoisotopic (exact) mass is 521 g/mol. The highest BCUT2D eigenvalue weighted by atomic mass is 32.2. The Morgan fingerprint density at radius 2 is 1.53 bits per heavy atom. The van der Waals surface area contributed by atoms with E-state index in [0.29, 0.717) is 11.3 Å². The number of carbonyl (C=O) groups is 1. The highest BCUT2D eigenvalue weighted by Crippen LogP contribution is 2.33. The first-order chi connectivity index (χ1) is 17.0. The van der Waals surface area contributed by atoms with E-state index < -0.39 is 15.9 Å². The van der Waals surface area contributed by atoms with Crippen molar-refractivity contribution in [3.8, 4) is 0 Å². The first kappa shape index (κ1) is 27.8. The molecule has 0 fully saturated rings. The van der Waals surface area contributed by atoms with Crippen LogP contribution < -0.4 is 0 Å². The van der Waals surface area contributed by atoms with E-state index in [9.17, 15) is 13.2 Å². The molecule has 0 spiro atoms. The van der Waals surface area contributed by atoms with Crippen LogP contribution in [0.3, 0.4) is 0 Å². The molecule has 190 valence electrons. The molecular weight excluding hydrogens is 486 g/mol. The molecule has 0 aliphatic rings. The molecule has 1 amide bonds. The standard InChI is InChI=1S/C30H35NO3S2/c1-6-7-13-28(35-26-18-16-25(17-19-26)30(3,4)5)29(32)31(22-24-11-9-8-10-12-24)36(33,34)27-20-14-23(2)15-21-27/h8-21H,6-7,22H2,1-5H3/b28-13+. The second-order valence-electron chi connectivity index (χ2n) is 9.85. The van der Waals surface area contributed by atoms with Gasteiger partial charge in [-0.15, -0.1) is 0 Å². The molecule has 0 aliphatic carbocycles. The topological polar surface area (TPSA) is 54.5 Å². The Labute approximate surface area is 220 Å². The molecule has 0 unspecified atom stereocenters. The van der Waals surface area contributed by atoms with Crippen LogP contribution in [-0.2, 0) is 26.8 Å². The lowest BCUT2D eigenvalue weighted by molar-refractivity contribution is -0.122. The van der Waals surface area contributed by atoms with Gasteiger partial charge in [-0.1, -0.05) is 112 Å². The Bertz CT molecular complexity index is 1290. The van der Waals surface area contributed by atoms with Crippen molar-refractivity contribution in [1.29, 1.82) is 0 Å². The fourth-order valence-corrected chi connectivity index (χ4v) is 5.93. The summed E-state index contributed by atoms with van der Waals surface area (Å²) in [6.07, 6.45) is 3.38. The fraction of sp³-hybridized carbons (Fsp3) is 0.300. The number of carbonyl (C=O) groups excluding carboxylic acids is 1. The van der Waals surface area contributed by atoms with Gasteiger partial charge in [0.1, 0.15) is 0 Å². The maximum absolute atomic E-state index is 13.9. The third-order valence-corrected chi connectivity index (χ3v) is 8.59. The van der Waals surface area contributed by atoms with Gasteiger partial charge in [0.15, 0.2) is 0 Å². The van der Waals surface area contributed by atoms with Gasteiger partial charge in [0.2, 0.25) is 0 Å². The minimum Gasteiger partial charge on any atom is -0.267 e. The number of amides is 1. The minimum absolute atomic E-state index is 0.0223. The molecule has 0 saturated heterocycles. The zero-order valence-corrected chi connectivity index (χ0v) is 23.3. The molecule has 0 aromatic heterocycles. The van der Waals surface area contributed by atoms with E-state index in [1.54, 1.807) is 24.3 Å². The highest BCUT2D eigenvalue weighted by Gasteiger charge is 2.32. The van der Waals surface area contributed by atoms with Crippen LogP contribution in [0.15, 0.2) is 99.6 Å². The number of rotatable bonds is 9. The summed E-state index contributed by atoms with van der Waals surface area (Å²) in [7, 11) is -4.07. The van der Waals surface area contributed by atoms with Crippen molar-refractivity contribution in [2.45, 2.75) is 69.2 Å². The average molecular weight is 522 g/mol. The SMILES string of the molecule is CCC/C=C(/Sc1ccc(C(C)(C)C)cc1)C(=O)N(Cc1ccccc1)S(=O)(=O)c1ccc(C)cc1. The molecule has 3 rings (SSSR count). The number of thioether (sulfide) groups is 1. The molecule has 0 N–H and O–H groups in total. The van der Waals surface area contributed by atoms with Crippen LogP contribution in [-0.4, -0.2) is 18.6 Å². The zero-order valence-electron chi connectivity index (χ0n) is 21.7. The third kappa shape index (κ3) is 7.11. The zero-order chi connectivity index (χ0) is 26.3. The Morgan fingerprint density at radius 1 is 0.917 bits per heavy atom. The molecule has 0 heterocycles. The highest BCUT2D eigenvalue weighted by molar-refractivity contribution is 8.04. The van der Waals surface area contributed by atoms with Gasteiger partial charge in [-0.05, 0) is 54.2 Å². The maximum Gasteiger partial charge on any atom is 0.274 e. The van der Waals surface area contributed by atoms with Crippen molar-refractivity contribution in [2.24, 2.45) is 0 Å². The van der Waals surface area contributed by atoms with Crippen LogP contribution in [0.4, 0.5) is 0 Å². The number of hydrogen-bond donors (Lipinski definition) is 0. The van der Waals surface area contributed by atoms with E-state index >= 15 is 0 Å². The van der Waals surface area contributed by atoms with Crippen LogP contribution in [0.2, 0.25) is 0 Å². The quantitative estimate of drug-likeness (QED) is 0.216. The first-order valence-corrected chi connectivity index (χ1v) is 14.4. The largest absolute Gasteiger partial charge is 0.274 e. The second-order valence-corrected chi connectivity index (χ2v) is 12.8. The molecular formula is C30H35NO3S2. The molecule has 0 atom stereocenters. The van der Waals surface area contributed by atoms with E-state index in [2.05, 4.69) is 32.9 Å². The van der Waals surface area contributed by atoms with Crippen LogP contribution in [0.5, 0.6) is 0 Å². The Kier molecular flexibility index (Phi) is 9.20. The lowest BCUT2D eigenvalue weighted by atomic mass is 9.87. The Morgan fingerprint density at radius 3 is 2.08 bits per heavy atom. The van der Waals surface area contributed by atoms with Crippen LogP contribution in [0.1, 0.15) is 57.2 Å². The first-order valence-electron chi connectivity index (χ1n) is 12.2. The number of benzene rings is 3. The number of unbranched alkanes of at least 4 members (excludes halogenated alkanes) is 1. The van der Waals surface area contributed by atoms with Crippen molar-refractivity contribution < 1.29 is 13.2 Å². The third-order valence-electron chi connectivity index (χ3n) is 5.78. The summed E-state index contributed by atoms with van der Waals surface area (Å²) in [6, 6.07) is 24.0. The number of nitrogens with zero attached hydrogens (tertiary/aromatic N) is 1. The number of allylic oxidation sites excluding steroid dienone is 1. The predicted octanol–water partition coefficient (Wildman–Crippen LogP) is 7.49. The van der Waals surface area contributed by atoms with Gasteiger partial charge in [0.25, 0.3) is 15.9 Å². The van der Waals surface area contributed by atoms with Crippen LogP contribution >= 0.6 is 11.8 Å². The van der Waals surface area contributed by atoms with Gasteiger partial charge in [-0.25, -0.2) is 12.7 Å². The van der Waals surface area contributed by atoms with Gasteiger partial charge >= 0.3 is 0 Å². The number of aryl methyl sites for hydroxylation is 1. The number of hydrogen-bond acceptors (Lipinski definition) is 4. The Hall–Kier alpha value is -2.83. The van der Waals surface area contributed by atoms with Crippen molar-refractivity contribution in [3.63, 3.8) is 0 Å². The fourth-order valence-electron chi connectivity index (χ4n) is 3.57. The molecule has 6 heteroatoms. The van der Waals surface area contributed by atoms with Crippen molar-refractivity contribution in [2.75, 3.05) is 0 Å². The summed E-state index contributed by atoms with van der Waals surface area (Å²) in [6.45, 7) is 10.4. The molecule has 36 heavy (non-hydrogen) atoms. The summed E-state index contributed by atoms with van der Waals surface area (Å²) < 4.78 is 28.5. The summed E-state index contributed by atoms with van der Waals surface area (Å²) in [5.74, 6) is -0.516. The minimum atomic E-state index is -4.07. The molecule has 0 saturated carbocycles. The van der Waals surface area contributed by atoms with Gasteiger partial charge in [-0.3, -0.25) is 4.79 Å².